The fourth-order valence-corrected chi connectivity index (χ4v) is 3.20. The Labute approximate surface area is 141 Å². The van der Waals surface area contributed by atoms with Crippen molar-refractivity contribution >= 4 is 23.4 Å². The van der Waals surface area contributed by atoms with Crippen LogP contribution in [0.2, 0.25) is 0 Å². The molecule has 25 heavy (non-hydrogen) atoms. The normalized spacial score (nSPS) is 26.0. The molecule has 0 radical (unpaired) electrons. The first-order valence-electron chi connectivity index (χ1n) is 7.91. The molecule has 2 unspecified atom stereocenters. The van der Waals surface area contributed by atoms with Gasteiger partial charge in [0.1, 0.15) is 5.82 Å². The summed E-state index contributed by atoms with van der Waals surface area (Å²) in [4.78, 5) is 29.3. The van der Waals surface area contributed by atoms with Gasteiger partial charge in [0.2, 0.25) is 5.91 Å². The molecule has 10 heteroatoms. The van der Waals surface area contributed by atoms with Gasteiger partial charge in [-0.05, 0) is 0 Å². The number of nitrogens with one attached hydrogen (secondary N) is 2. The van der Waals surface area contributed by atoms with Crippen molar-refractivity contribution < 1.29 is 18.4 Å². The van der Waals surface area contributed by atoms with Gasteiger partial charge in [-0.25, -0.2) is 18.6 Å². The highest BCUT2D eigenvalue weighted by molar-refractivity contribution is 6.00. The first-order valence-corrected chi connectivity index (χ1v) is 7.91. The Morgan fingerprint density at radius 3 is 2.84 bits per heavy atom. The molecule has 4 heterocycles. The van der Waals surface area contributed by atoms with E-state index in [2.05, 4.69) is 20.7 Å². The number of anilines is 1. The van der Waals surface area contributed by atoms with Gasteiger partial charge in [0, 0.05) is 31.1 Å². The average Bonchev–Trinajstić information content (AvgIpc) is 3.11. The molecule has 0 aromatic carbocycles. The van der Waals surface area contributed by atoms with E-state index in [4.69, 9.17) is 0 Å². The largest absolute Gasteiger partial charge is 0.350 e. The summed E-state index contributed by atoms with van der Waals surface area (Å²) in [6.45, 7) is 1.37. The third-order valence-electron chi connectivity index (χ3n) is 4.68. The monoisotopic (exact) mass is 350 g/mol. The minimum absolute atomic E-state index is 0.105. The third kappa shape index (κ3) is 2.57. The molecule has 0 bridgehead atoms. The standard InChI is InChI=1S/C15H16F2N6O2/c1-8-6-22(7-15(8,16)17)12-4-10(20-11-2-3-19-23(11)12)9-5-18-14(25)21-13(9)24/h2-4,8-9H,5-7H2,1H3,(H2,18,21,24,25). The number of hydrogen-bond acceptors (Lipinski definition) is 5. The maximum atomic E-state index is 14.0. The lowest BCUT2D eigenvalue weighted by molar-refractivity contribution is -0.122. The van der Waals surface area contributed by atoms with Crippen molar-refractivity contribution in [3.63, 3.8) is 0 Å². The predicted molar refractivity (Wildman–Crippen MR) is 83.6 cm³/mol. The average molecular weight is 350 g/mol. The number of aromatic nitrogens is 3. The van der Waals surface area contributed by atoms with E-state index in [0.717, 1.165) is 0 Å². The van der Waals surface area contributed by atoms with Gasteiger partial charge in [0.15, 0.2) is 5.65 Å². The zero-order valence-electron chi connectivity index (χ0n) is 13.4. The van der Waals surface area contributed by atoms with Gasteiger partial charge in [-0.2, -0.15) is 9.61 Å². The molecule has 0 spiro atoms. The number of amides is 3. The number of urea groups is 1. The lowest BCUT2D eigenvalue weighted by Gasteiger charge is -2.24. The summed E-state index contributed by atoms with van der Waals surface area (Å²) in [5.74, 6) is -4.27. The van der Waals surface area contributed by atoms with Crippen LogP contribution in [0.25, 0.3) is 5.65 Å². The number of imide groups is 1. The van der Waals surface area contributed by atoms with Crippen molar-refractivity contribution in [1.82, 2.24) is 25.2 Å². The third-order valence-corrected chi connectivity index (χ3v) is 4.68. The Hall–Kier alpha value is -2.78. The number of nitrogens with zero attached hydrogens (tertiary/aromatic N) is 4. The van der Waals surface area contributed by atoms with Gasteiger partial charge in [0.05, 0.1) is 24.4 Å². The number of carbonyl (C=O) groups is 2. The van der Waals surface area contributed by atoms with Crippen LogP contribution in [-0.4, -0.2) is 52.1 Å². The van der Waals surface area contributed by atoms with Crippen LogP contribution in [0.15, 0.2) is 18.3 Å². The van der Waals surface area contributed by atoms with E-state index >= 15 is 0 Å². The topological polar surface area (TPSA) is 91.6 Å². The molecule has 2 aromatic rings. The van der Waals surface area contributed by atoms with Gasteiger partial charge in [0.25, 0.3) is 5.92 Å². The van der Waals surface area contributed by atoms with Gasteiger partial charge >= 0.3 is 6.03 Å². The van der Waals surface area contributed by atoms with Crippen molar-refractivity contribution in [1.29, 1.82) is 0 Å². The van der Waals surface area contributed by atoms with Crippen molar-refractivity contribution in [3.8, 4) is 0 Å². The summed E-state index contributed by atoms with van der Waals surface area (Å²) in [5, 5.41) is 8.89. The van der Waals surface area contributed by atoms with E-state index < -0.39 is 36.2 Å². The minimum atomic E-state index is -2.79. The van der Waals surface area contributed by atoms with Crippen molar-refractivity contribution in [2.24, 2.45) is 5.92 Å². The summed E-state index contributed by atoms with van der Waals surface area (Å²) >= 11 is 0. The SMILES string of the molecule is CC1CN(c2cc(C3CNC(=O)NC3=O)nc3ccnn23)CC1(F)F. The molecule has 2 N–H and O–H groups in total. The molecule has 2 aliphatic rings. The maximum absolute atomic E-state index is 14.0. The number of halogens is 2. The van der Waals surface area contributed by atoms with E-state index in [1.165, 1.54) is 17.6 Å². The second-order valence-corrected chi connectivity index (χ2v) is 6.43. The number of rotatable bonds is 2. The van der Waals surface area contributed by atoms with Crippen LogP contribution in [0.3, 0.4) is 0 Å². The smallest absolute Gasteiger partial charge is 0.321 e. The van der Waals surface area contributed by atoms with E-state index in [0.29, 0.717) is 17.2 Å². The Balaban J connectivity index is 1.76. The van der Waals surface area contributed by atoms with E-state index in [-0.39, 0.29) is 13.1 Å². The second kappa shape index (κ2) is 5.36. The fraction of sp³-hybridized carbons (Fsp3) is 0.467. The molecular weight excluding hydrogens is 334 g/mol. The van der Waals surface area contributed by atoms with E-state index in [1.54, 1.807) is 17.0 Å². The number of fused-ring (bicyclic) bond motifs is 1. The fourth-order valence-electron chi connectivity index (χ4n) is 3.20. The van der Waals surface area contributed by atoms with Crippen LogP contribution >= 0.6 is 0 Å². The lowest BCUT2D eigenvalue weighted by Crippen LogP contribution is -2.51. The Morgan fingerprint density at radius 1 is 1.36 bits per heavy atom. The summed E-state index contributed by atoms with van der Waals surface area (Å²) in [6, 6.07) is 2.68. The molecule has 4 rings (SSSR count). The highest BCUT2D eigenvalue weighted by Gasteiger charge is 2.46. The van der Waals surface area contributed by atoms with Crippen molar-refractivity contribution in [2.75, 3.05) is 24.5 Å². The summed E-state index contributed by atoms with van der Waals surface area (Å²) in [6.07, 6.45) is 1.52. The van der Waals surface area contributed by atoms with Crippen LogP contribution in [0.5, 0.6) is 0 Å². The van der Waals surface area contributed by atoms with Gasteiger partial charge in [-0.3, -0.25) is 10.1 Å². The first kappa shape index (κ1) is 15.7. The molecule has 0 saturated carbocycles. The highest BCUT2D eigenvalue weighted by Crippen LogP contribution is 2.36. The Morgan fingerprint density at radius 2 is 2.16 bits per heavy atom. The Bertz CT molecular complexity index is 867. The summed E-state index contributed by atoms with van der Waals surface area (Å²) in [5.41, 5.74) is 0.864. The lowest BCUT2D eigenvalue weighted by atomic mass is 10.0. The van der Waals surface area contributed by atoms with Gasteiger partial charge < -0.3 is 10.2 Å². The zero-order valence-corrected chi connectivity index (χ0v) is 13.4. The van der Waals surface area contributed by atoms with Crippen LogP contribution in [0.4, 0.5) is 19.4 Å². The van der Waals surface area contributed by atoms with Crippen LogP contribution < -0.4 is 15.5 Å². The molecule has 2 fully saturated rings. The van der Waals surface area contributed by atoms with Crippen LogP contribution in [-0.2, 0) is 4.79 Å². The van der Waals surface area contributed by atoms with Crippen LogP contribution in [0.1, 0.15) is 18.5 Å². The molecule has 2 aliphatic heterocycles. The predicted octanol–water partition coefficient (Wildman–Crippen LogP) is 0.744. The van der Waals surface area contributed by atoms with Gasteiger partial charge in [-0.1, -0.05) is 6.92 Å². The maximum Gasteiger partial charge on any atom is 0.321 e. The van der Waals surface area contributed by atoms with E-state index in [1.807, 2.05) is 0 Å². The molecule has 132 valence electrons. The molecule has 2 aromatic heterocycles. The molecule has 3 amide bonds. The van der Waals surface area contributed by atoms with Gasteiger partial charge in [-0.15, -0.1) is 0 Å². The highest BCUT2D eigenvalue weighted by atomic mass is 19.3. The van der Waals surface area contributed by atoms with Crippen LogP contribution in [0, 0.1) is 5.92 Å². The Kier molecular flexibility index (Phi) is 3.37. The zero-order chi connectivity index (χ0) is 17.8. The summed E-state index contributed by atoms with van der Waals surface area (Å²) in [7, 11) is 0. The molecule has 2 atom stereocenters. The second-order valence-electron chi connectivity index (χ2n) is 6.43. The quantitative estimate of drug-likeness (QED) is 0.834. The number of alkyl halides is 2. The number of carbonyl (C=O) groups excluding carboxylic acids is 2. The molecular formula is C15H16F2N6O2. The number of hydrogen-bond donors (Lipinski definition) is 2. The molecule has 8 nitrogen and oxygen atoms in total. The molecule has 2 saturated heterocycles. The summed E-state index contributed by atoms with van der Waals surface area (Å²) < 4.78 is 29.4. The van der Waals surface area contributed by atoms with Crippen molar-refractivity contribution in [2.45, 2.75) is 18.8 Å². The van der Waals surface area contributed by atoms with E-state index in [9.17, 15) is 18.4 Å². The molecule has 0 aliphatic carbocycles. The minimum Gasteiger partial charge on any atom is -0.350 e. The van der Waals surface area contributed by atoms with Crippen molar-refractivity contribution in [3.05, 3.63) is 24.0 Å². The first-order chi connectivity index (χ1) is 11.8.